The third kappa shape index (κ3) is 2.99. The van der Waals surface area contributed by atoms with Crippen molar-refractivity contribution in [2.45, 2.75) is 25.6 Å². The molecule has 20 heavy (non-hydrogen) atoms. The Balaban J connectivity index is 2.41. The van der Waals surface area contributed by atoms with E-state index in [0.29, 0.717) is 11.3 Å². The van der Waals surface area contributed by atoms with Crippen molar-refractivity contribution in [1.82, 2.24) is 4.98 Å². The Labute approximate surface area is 115 Å². The highest BCUT2D eigenvalue weighted by atomic mass is 19.4. The summed E-state index contributed by atoms with van der Waals surface area (Å²) in [6.45, 7) is 1.96. The Morgan fingerprint density at radius 2 is 1.95 bits per heavy atom. The molecule has 2 rings (SSSR count). The van der Waals surface area contributed by atoms with E-state index in [-0.39, 0.29) is 0 Å². The lowest BCUT2D eigenvalue weighted by Gasteiger charge is -2.16. The predicted octanol–water partition coefficient (Wildman–Crippen LogP) is 3.71. The second-order valence-corrected chi connectivity index (χ2v) is 4.50. The molecular weight excluding hydrogens is 265 g/mol. The van der Waals surface area contributed by atoms with E-state index in [1.165, 1.54) is 6.07 Å². The Morgan fingerprint density at radius 3 is 2.60 bits per heavy atom. The third-order valence-corrected chi connectivity index (χ3v) is 3.17. The fraction of sp³-hybridized carbons (Fsp3) is 0.267. The topological polar surface area (TPSA) is 38.9 Å². The second kappa shape index (κ2) is 5.63. The number of aryl methyl sites for hydroxylation is 1. The first-order chi connectivity index (χ1) is 9.43. The Hall–Kier alpha value is -1.88. The molecule has 106 valence electrons. The van der Waals surface area contributed by atoms with Gasteiger partial charge < -0.3 is 5.73 Å². The van der Waals surface area contributed by atoms with Crippen LogP contribution in [0.3, 0.4) is 0 Å². The average Bonchev–Trinajstić information content (AvgIpc) is 2.45. The van der Waals surface area contributed by atoms with Crippen molar-refractivity contribution in [2.75, 3.05) is 0 Å². The van der Waals surface area contributed by atoms with E-state index in [1.54, 1.807) is 18.3 Å². The molecular formula is C15H15F3N2. The number of pyridine rings is 1. The molecule has 0 saturated heterocycles. The molecule has 0 aliphatic heterocycles. The van der Waals surface area contributed by atoms with Crippen molar-refractivity contribution in [1.29, 1.82) is 0 Å². The number of hydrogen-bond donors (Lipinski definition) is 1. The van der Waals surface area contributed by atoms with Crippen molar-refractivity contribution in [3.05, 3.63) is 65.0 Å². The minimum absolute atomic E-state index is 0.410. The summed E-state index contributed by atoms with van der Waals surface area (Å²) in [5, 5.41) is 0. The molecule has 0 saturated carbocycles. The monoisotopic (exact) mass is 280 g/mol. The quantitative estimate of drug-likeness (QED) is 0.930. The van der Waals surface area contributed by atoms with Gasteiger partial charge in [-0.2, -0.15) is 13.2 Å². The summed E-state index contributed by atoms with van der Waals surface area (Å²) in [6.07, 6.45) is -2.04. The summed E-state index contributed by atoms with van der Waals surface area (Å²) in [5.74, 6) is 0. The van der Waals surface area contributed by atoms with E-state index in [4.69, 9.17) is 5.73 Å². The lowest BCUT2D eigenvalue weighted by molar-refractivity contribution is -0.137. The smallest absolute Gasteiger partial charge is 0.319 e. The molecule has 1 atom stereocenters. The average molecular weight is 280 g/mol. The summed E-state index contributed by atoms with van der Waals surface area (Å²) >= 11 is 0. The number of nitrogens with zero attached hydrogens (tertiary/aromatic N) is 1. The molecule has 2 aromatic rings. The Morgan fingerprint density at radius 1 is 1.20 bits per heavy atom. The van der Waals surface area contributed by atoms with Gasteiger partial charge in [-0.25, -0.2) is 0 Å². The van der Waals surface area contributed by atoms with Crippen LogP contribution in [0.4, 0.5) is 13.2 Å². The van der Waals surface area contributed by atoms with Crippen LogP contribution in [0.5, 0.6) is 0 Å². The summed E-state index contributed by atoms with van der Waals surface area (Å²) in [7, 11) is 0. The van der Waals surface area contributed by atoms with E-state index in [2.05, 4.69) is 4.98 Å². The van der Waals surface area contributed by atoms with Crippen LogP contribution in [0.1, 0.15) is 35.3 Å². The summed E-state index contributed by atoms with van der Waals surface area (Å²) in [4.78, 5) is 4.21. The number of nitrogens with two attached hydrogens (primary N) is 1. The van der Waals surface area contributed by atoms with Gasteiger partial charge in [0, 0.05) is 6.20 Å². The van der Waals surface area contributed by atoms with Gasteiger partial charge in [-0.05, 0) is 35.7 Å². The Kier molecular flexibility index (Phi) is 4.09. The standard InChI is InChI=1S/C15H15F3N2/c1-2-10-6-4-8-20-14(10)13(19)11-5-3-7-12(9-11)15(16,17)18/h3-9,13H,2,19H2,1H3. The van der Waals surface area contributed by atoms with Crippen LogP contribution in [0, 0.1) is 0 Å². The molecule has 1 aromatic carbocycles. The van der Waals surface area contributed by atoms with Crippen LogP contribution in [0.25, 0.3) is 0 Å². The number of hydrogen-bond acceptors (Lipinski definition) is 2. The van der Waals surface area contributed by atoms with Crippen molar-refractivity contribution in [3.63, 3.8) is 0 Å². The molecule has 2 N–H and O–H groups in total. The van der Waals surface area contributed by atoms with Crippen LogP contribution in [0.2, 0.25) is 0 Å². The van der Waals surface area contributed by atoms with Crippen molar-refractivity contribution >= 4 is 0 Å². The Bertz CT molecular complexity index is 594. The maximum absolute atomic E-state index is 12.7. The summed E-state index contributed by atoms with van der Waals surface area (Å²) < 4.78 is 38.2. The van der Waals surface area contributed by atoms with Crippen molar-refractivity contribution in [2.24, 2.45) is 5.73 Å². The zero-order valence-corrected chi connectivity index (χ0v) is 11.0. The third-order valence-electron chi connectivity index (χ3n) is 3.17. The molecule has 0 fully saturated rings. The zero-order valence-electron chi connectivity index (χ0n) is 11.0. The predicted molar refractivity (Wildman–Crippen MR) is 71.1 cm³/mol. The lowest BCUT2D eigenvalue weighted by Crippen LogP contribution is -2.17. The highest BCUT2D eigenvalue weighted by Crippen LogP contribution is 2.31. The SMILES string of the molecule is CCc1cccnc1C(N)c1cccc(C(F)(F)F)c1. The highest BCUT2D eigenvalue weighted by molar-refractivity contribution is 5.35. The van der Waals surface area contributed by atoms with Gasteiger partial charge in [0.15, 0.2) is 0 Å². The summed E-state index contributed by atoms with van der Waals surface area (Å²) in [5.41, 5.74) is 7.35. The zero-order chi connectivity index (χ0) is 14.8. The number of benzene rings is 1. The summed E-state index contributed by atoms with van der Waals surface area (Å²) in [6, 6.07) is 8.10. The maximum Gasteiger partial charge on any atom is 0.416 e. The molecule has 0 bridgehead atoms. The molecule has 0 amide bonds. The first kappa shape index (κ1) is 14.5. The van der Waals surface area contributed by atoms with E-state index in [1.807, 2.05) is 13.0 Å². The number of rotatable bonds is 3. The molecule has 1 heterocycles. The van der Waals surface area contributed by atoms with Crippen LogP contribution in [-0.4, -0.2) is 4.98 Å². The molecule has 0 aliphatic rings. The van der Waals surface area contributed by atoms with Crippen LogP contribution in [-0.2, 0) is 12.6 Å². The molecule has 5 heteroatoms. The van der Waals surface area contributed by atoms with Crippen LogP contribution >= 0.6 is 0 Å². The van der Waals surface area contributed by atoms with Crippen LogP contribution in [0.15, 0.2) is 42.6 Å². The fourth-order valence-corrected chi connectivity index (χ4v) is 2.10. The van der Waals surface area contributed by atoms with Gasteiger partial charge in [0.05, 0.1) is 17.3 Å². The van der Waals surface area contributed by atoms with Gasteiger partial charge in [-0.3, -0.25) is 4.98 Å². The second-order valence-electron chi connectivity index (χ2n) is 4.50. The first-order valence-electron chi connectivity index (χ1n) is 6.30. The van der Waals surface area contributed by atoms with Crippen molar-refractivity contribution in [3.8, 4) is 0 Å². The lowest BCUT2D eigenvalue weighted by atomic mass is 9.97. The van der Waals surface area contributed by atoms with E-state index in [0.717, 1.165) is 24.1 Å². The van der Waals surface area contributed by atoms with Gasteiger partial charge in [0.25, 0.3) is 0 Å². The molecule has 0 aliphatic carbocycles. The van der Waals surface area contributed by atoms with E-state index in [9.17, 15) is 13.2 Å². The first-order valence-corrected chi connectivity index (χ1v) is 6.30. The van der Waals surface area contributed by atoms with E-state index < -0.39 is 17.8 Å². The number of aromatic nitrogens is 1. The van der Waals surface area contributed by atoms with Gasteiger partial charge >= 0.3 is 6.18 Å². The molecule has 0 radical (unpaired) electrons. The normalized spacial score (nSPS) is 13.2. The fourth-order valence-electron chi connectivity index (χ4n) is 2.10. The maximum atomic E-state index is 12.7. The minimum atomic E-state index is -4.37. The molecule has 1 aromatic heterocycles. The number of halogens is 3. The molecule has 2 nitrogen and oxygen atoms in total. The molecule has 0 spiro atoms. The molecule has 1 unspecified atom stereocenters. The van der Waals surface area contributed by atoms with Gasteiger partial charge in [-0.15, -0.1) is 0 Å². The van der Waals surface area contributed by atoms with Crippen LogP contribution < -0.4 is 5.73 Å². The number of alkyl halides is 3. The van der Waals surface area contributed by atoms with Gasteiger partial charge in [0.1, 0.15) is 0 Å². The minimum Gasteiger partial charge on any atom is -0.319 e. The largest absolute Gasteiger partial charge is 0.416 e. The van der Waals surface area contributed by atoms with Gasteiger partial charge in [-0.1, -0.05) is 25.1 Å². The van der Waals surface area contributed by atoms with E-state index >= 15 is 0 Å². The highest BCUT2D eigenvalue weighted by Gasteiger charge is 2.31. The van der Waals surface area contributed by atoms with Gasteiger partial charge in [0.2, 0.25) is 0 Å². The van der Waals surface area contributed by atoms with Crippen molar-refractivity contribution < 1.29 is 13.2 Å².